The summed E-state index contributed by atoms with van der Waals surface area (Å²) in [5.41, 5.74) is 2.79. The van der Waals surface area contributed by atoms with Crippen LogP contribution in [0.3, 0.4) is 0 Å². The number of hydrogen-bond acceptors (Lipinski definition) is 6. The van der Waals surface area contributed by atoms with E-state index in [0.29, 0.717) is 17.3 Å². The molecule has 3 N–H and O–H groups in total. The Bertz CT molecular complexity index is 716. The maximum atomic E-state index is 12.6. The van der Waals surface area contributed by atoms with E-state index in [9.17, 15) is 8.42 Å². The van der Waals surface area contributed by atoms with Crippen molar-refractivity contribution in [3.63, 3.8) is 0 Å². The highest BCUT2D eigenvalue weighted by Gasteiger charge is 2.23. The molecule has 2 aromatic rings. The molecule has 0 saturated heterocycles. The van der Waals surface area contributed by atoms with Gasteiger partial charge in [-0.1, -0.05) is 12.1 Å². The first-order chi connectivity index (χ1) is 10.0. The fourth-order valence-corrected chi connectivity index (χ4v) is 2.95. The minimum Gasteiger partial charge on any atom is -0.495 e. The summed E-state index contributed by atoms with van der Waals surface area (Å²) in [5.74, 6) is 6.06. The van der Waals surface area contributed by atoms with Gasteiger partial charge < -0.3 is 10.2 Å². The number of nitrogens with zero attached hydrogens (tertiary/aromatic N) is 2. The molecule has 0 saturated carbocycles. The number of nitrogen functional groups attached to an aromatic ring is 1. The lowest BCUT2D eigenvalue weighted by molar-refractivity contribution is 0.416. The zero-order valence-corrected chi connectivity index (χ0v) is 12.5. The third-order valence-electron chi connectivity index (χ3n) is 2.97. The molecular weight excluding hydrogens is 292 g/mol. The van der Waals surface area contributed by atoms with Gasteiger partial charge in [-0.2, -0.15) is 0 Å². The predicted molar refractivity (Wildman–Crippen MR) is 80.6 cm³/mol. The van der Waals surface area contributed by atoms with E-state index in [-0.39, 0.29) is 4.90 Å². The topological polar surface area (TPSA) is 97.5 Å². The largest absolute Gasteiger partial charge is 0.495 e. The predicted octanol–water partition coefficient (Wildman–Crippen LogP) is 1.20. The summed E-state index contributed by atoms with van der Waals surface area (Å²) in [6, 6.07) is 9.79. The van der Waals surface area contributed by atoms with E-state index < -0.39 is 10.0 Å². The Morgan fingerprint density at radius 2 is 1.95 bits per heavy atom. The van der Waals surface area contributed by atoms with Crippen LogP contribution >= 0.6 is 0 Å². The van der Waals surface area contributed by atoms with Crippen molar-refractivity contribution in [3.8, 4) is 5.75 Å². The van der Waals surface area contributed by atoms with Crippen LogP contribution < -0.4 is 20.3 Å². The number of hydrazine groups is 1. The van der Waals surface area contributed by atoms with Crippen molar-refractivity contribution in [1.29, 1.82) is 0 Å². The molecule has 1 heterocycles. The van der Waals surface area contributed by atoms with Crippen molar-refractivity contribution in [2.45, 2.75) is 4.90 Å². The summed E-state index contributed by atoms with van der Waals surface area (Å²) in [4.78, 5) is 3.97. The molecule has 0 bridgehead atoms. The Morgan fingerprint density at radius 3 is 2.52 bits per heavy atom. The van der Waals surface area contributed by atoms with Gasteiger partial charge in [-0.15, -0.1) is 0 Å². The summed E-state index contributed by atoms with van der Waals surface area (Å²) in [6.45, 7) is 0. The standard InChI is InChI=1S/C13H16N4O3S/c1-17(11-5-3-4-6-12(11)20-2)21(18,19)10-7-8-13(16-14)15-9-10/h3-9H,14H2,1-2H3,(H,15,16). The van der Waals surface area contributed by atoms with Crippen LogP contribution in [0.4, 0.5) is 11.5 Å². The van der Waals surface area contributed by atoms with Crippen LogP contribution in [0.5, 0.6) is 5.75 Å². The Balaban J connectivity index is 2.42. The SMILES string of the molecule is COc1ccccc1N(C)S(=O)(=O)c1ccc(NN)nc1. The number of nitrogens with one attached hydrogen (secondary N) is 1. The normalized spacial score (nSPS) is 11.0. The number of methoxy groups -OCH3 is 1. The van der Waals surface area contributed by atoms with Crippen LogP contribution in [0.15, 0.2) is 47.5 Å². The quantitative estimate of drug-likeness (QED) is 0.636. The lowest BCUT2D eigenvalue weighted by Gasteiger charge is -2.21. The summed E-state index contributed by atoms with van der Waals surface area (Å²) in [5, 5.41) is 0. The van der Waals surface area contributed by atoms with Gasteiger partial charge in [0.2, 0.25) is 0 Å². The Morgan fingerprint density at radius 1 is 1.24 bits per heavy atom. The second kappa shape index (κ2) is 5.98. The molecule has 1 aromatic carbocycles. The number of benzene rings is 1. The third kappa shape index (κ3) is 2.91. The van der Waals surface area contributed by atoms with Crippen molar-refractivity contribution in [2.75, 3.05) is 23.9 Å². The lowest BCUT2D eigenvalue weighted by atomic mass is 10.3. The maximum absolute atomic E-state index is 12.6. The van der Waals surface area contributed by atoms with Crippen LogP contribution in [-0.4, -0.2) is 27.6 Å². The van der Waals surface area contributed by atoms with Crippen molar-refractivity contribution in [1.82, 2.24) is 4.98 Å². The van der Waals surface area contributed by atoms with Gasteiger partial charge in [-0.05, 0) is 24.3 Å². The number of nitrogens with two attached hydrogens (primary N) is 1. The zero-order chi connectivity index (χ0) is 15.5. The number of para-hydroxylation sites is 2. The van der Waals surface area contributed by atoms with Crippen molar-refractivity contribution in [3.05, 3.63) is 42.6 Å². The van der Waals surface area contributed by atoms with Gasteiger partial charge in [-0.3, -0.25) is 4.31 Å². The molecule has 0 aliphatic carbocycles. The van der Waals surface area contributed by atoms with Crippen molar-refractivity contribution >= 4 is 21.5 Å². The van der Waals surface area contributed by atoms with Gasteiger partial charge in [0, 0.05) is 13.2 Å². The molecule has 1 aromatic heterocycles. The summed E-state index contributed by atoms with van der Waals surface area (Å²) >= 11 is 0. The highest BCUT2D eigenvalue weighted by atomic mass is 32.2. The van der Waals surface area contributed by atoms with Gasteiger partial charge in [0.05, 0.1) is 12.8 Å². The summed E-state index contributed by atoms with van der Waals surface area (Å²) in [7, 11) is -0.778. The number of ether oxygens (including phenoxy) is 1. The van der Waals surface area contributed by atoms with Gasteiger partial charge in [0.1, 0.15) is 16.5 Å². The van der Waals surface area contributed by atoms with Crippen LogP contribution in [0.1, 0.15) is 0 Å². The van der Waals surface area contributed by atoms with Gasteiger partial charge in [0.15, 0.2) is 0 Å². The molecule has 0 fully saturated rings. The van der Waals surface area contributed by atoms with Gasteiger partial charge >= 0.3 is 0 Å². The Kier molecular flexibility index (Phi) is 4.29. The fourth-order valence-electron chi connectivity index (χ4n) is 1.80. The average molecular weight is 308 g/mol. The van der Waals surface area contributed by atoms with Crippen LogP contribution in [-0.2, 0) is 10.0 Å². The Labute approximate surface area is 123 Å². The van der Waals surface area contributed by atoms with E-state index in [2.05, 4.69) is 10.4 Å². The average Bonchev–Trinajstić information content (AvgIpc) is 2.54. The number of rotatable bonds is 5. The first-order valence-electron chi connectivity index (χ1n) is 6.05. The molecule has 2 rings (SSSR count). The zero-order valence-electron chi connectivity index (χ0n) is 11.6. The molecule has 0 radical (unpaired) electrons. The first-order valence-corrected chi connectivity index (χ1v) is 7.49. The highest BCUT2D eigenvalue weighted by Crippen LogP contribution is 2.30. The molecular formula is C13H16N4O3S. The van der Waals surface area contributed by atoms with Crippen LogP contribution in [0, 0.1) is 0 Å². The molecule has 112 valence electrons. The number of aromatic nitrogens is 1. The highest BCUT2D eigenvalue weighted by molar-refractivity contribution is 7.92. The second-order valence-corrected chi connectivity index (χ2v) is 6.14. The van der Waals surface area contributed by atoms with Crippen molar-refractivity contribution < 1.29 is 13.2 Å². The van der Waals surface area contributed by atoms with Crippen molar-refractivity contribution in [2.24, 2.45) is 5.84 Å². The number of pyridine rings is 1. The smallest absolute Gasteiger partial charge is 0.265 e. The van der Waals surface area contributed by atoms with Gasteiger partial charge in [-0.25, -0.2) is 19.2 Å². The van der Waals surface area contributed by atoms with E-state index in [4.69, 9.17) is 10.6 Å². The maximum Gasteiger partial charge on any atom is 0.265 e. The van der Waals surface area contributed by atoms with E-state index in [0.717, 1.165) is 4.31 Å². The van der Waals surface area contributed by atoms with Crippen LogP contribution in [0.25, 0.3) is 0 Å². The molecule has 0 spiro atoms. The molecule has 0 aliphatic rings. The molecule has 0 amide bonds. The minimum absolute atomic E-state index is 0.0647. The Hall–Kier alpha value is -2.32. The van der Waals surface area contributed by atoms with E-state index >= 15 is 0 Å². The summed E-state index contributed by atoms with van der Waals surface area (Å²) in [6.07, 6.45) is 1.25. The van der Waals surface area contributed by atoms with E-state index in [1.165, 1.54) is 32.5 Å². The fraction of sp³-hybridized carbons (Fsp3) is 0.154. The monoisotopic (exact) mass is 308 g/mol. The van der Waals surface area contributed by atoms with E-state index in [1.54, 1.807) is 24.3 Å². The third-order valence-corrected chi connectivity index (χ3v) is 4.72. The summed E-state index contributed by atoms with van der Waals surface area (Å²) < 4.78 is 31.5. The second-order valence-electron chi connectivity index (χ2n) is 4.17. The molecule has 0 unspecified atom stereocenters. The van der Waals surface area contributed by atoms with Gasteiger partial charge in [0.25, 0.3) is 10.0 Å². The number of anilines is 2. The number of hydrogen-bond donors (Lipinski definition) is 2. The van der Waals surface area contributed by atoms with E-state index in [1.807, 2.05) is 0 Å². The molecule has 21 heavy (non-hydrogen) atoms. The molecule has 0 aliphatic heterocycles. The lowest BCUT2D eigenvalue weighted by Crippen LogP contribution is -2.27. The molecule has 8 heteroatoms. The molecule has 0 atom stereocenters. The molecule has 7 nitrogen and oxygen atoms in total. The first kappa shape index (κ1) is 15.1. The number of sulfonamides is 1. The minimum atomic E-state index is -3.73. The van der Waals surface area contributed by atoms with Crippen LogP contribution in [0.2, 0.25) is 0 Å².